The molecule has 0 bridgehead atoms. The van der Waals surface area contributed by atoms with E-state index in [1.54, 1.807) is 49.6 Å². The van der Waals surface area contributed by atoms with Crippen molar-refractivity contribution in [1.29, 1.82) is 0 Å². The SMILES string of the molecule is COc1ccc(N2C(=O)C(=O)/C(=C(\O)c3ccc(OC)c(OC)c3)C2c2sccc2C)cc1. The van der Waals surface area contributed by atoms with E-state index < -0.39 is 17.7 Å². The molecule has 1 N–H and O–H groups in total. The lowest BCUT2D eigenvalue weighted by Gasteiger charge is -2.25. The van der Waals surface area contributed by atoms with Gasteiger partial charge in [0.15, 0.2) is 11.5 Å². The summed E-state index contributed by atoms with van der Waals surface area (Å²) < 4.78 is 15.8. The van der Waals surface area contributed by atoms with Crippen LogP contribution in [0.5, 0.6) is 17.2 Å². The molecule has 4 rings (SSSR count). The number of nitrogens with zero attached hydrogens (tertiary/aromatic N) is 1. The molecule has 1 unspecified atom stereocenters. The van der Waals surface area contributed by atoms with Gasteiger partial charge < -0.3 is 19.3 Å². The number of rotatable bonds is 6. The molecule has 0 radical (unpaired) electrons. The summed E-state index contributed by atoms with van der Waals surface area (Å²) in [7, 11) is 4.55. The number of aliphatic hydroxyl groups excluding tert-OH is 1. The normalized spacial score (nSPS) is 17.3. The van der Waals surface area contributed by atoms with Crippen LogP contribution in [-0.2, 0) is 9.59 Å². The maximum atomic E-state index is 13.2. The summed E-state index contributed by atoms with van der Waals surface area (Å²) in [6.07, 6.45) is 0. The Labute approximate surface area is 195 Å². The first-order chi connectivity index (χ1) is 15.9. The van der Waals surface area contributed by atoms with Gasteiger partial charge in [0.1, 0.15) is 17.6 Å². The van der Waals surface area contributed by atoms with E-state index in [4.69, 9.17) is 14.2 Å². The van der Waals surface area contributed by atoms with Crippen molar-refractivity contribution in [2.45, 2.75) is 13.0 Å². The number of benzene rings is 2. The van der Waals surface area contributed by atoms with Crippen LogP contribution in [0.25, 0.3) is 5.76 Å². The molecule has 1 fully saturated rings. The minimum absolute atomic E-state index is 0.0218. The predicted octanol–water partition coefficient (Wildman–Crippen LogP) is 4.71. The molecule has 2 aromatic carbocycles. The lowest BCUT2D eigenvalue weighted by atomic mass is 9.98. The second-order valence-electron chi connectivity index (χ2n) is 7.40. The molecule has 3 aromatic rings. The molecule has 1 aliphatic rings. The van der Waals surface area contributed by atoms with Crippen molar-refractivity contribution >= 4 is 34.5 Å². The van der Waals surface area contributed by atoms with Crippen molar-refractivity contribution in [3.63, 3.8) is 0 Å². The number of Topliss-reactive ketones (excluding diaryl/α,β-unsaturated/α-hetero) is 1. The van der Waals surface area contributed by atoms with Crippen LogP contribution in [0, 0.1) is 6.92 Å². The number of hydrogen-bond donors (Lipinski definition) is 1. The number of aryl methyl sites for hydroxylation is 1. The van der Waals surface area contributed by atoms with Gasteiger partial charge in [0, 0.05) is 16.1 Å². The fourth-order valence-corrected chi connectivity index (χ4v) is 4.92. The summed E-state index contributed by atoms with van der Waals surface area (Å²) in [6.45, 7) is 1.91. The van der Waals surface area contributed by atoms with Crippen molar-refractivity contribution in [1.82, 2.24) is 0 Å². The Morgan fingerprint density at radius 2 is 1.64 bits per heavy atom. The highest BCUT2D eigenvalue weighted by Crippen LogP contribution is 2.45. The Morgan fingerprint density at radius 3 is 2.21 bits per heavy atom. The summed E-state index contributed by atoms with van der Waals surface area (Å²) in [6, 6.07) is 12.9. The molecule has 1 atom stereocenters. The van der Waals surface area contributed by atoms with Crippen molar-refractivity contribution in [2.75, 3.05) is 26.2 Å². The summed E-state index contributed by atoms with van der Waals surface area (Å²) in [5, 5.41) is 13.2. The number of ketones is 1. The number of ether oxygens (including phenoxy) is 3. The molecule has 8 heteroatoms. The van der Waals surface area contributed by atoms with Crippen LogP contribution in [0.3, 0.4) is 0 Å². The fourth-order valence-electron chi connectivity index (χ4n) is 3.89. The zero-order valence-electron chi connectivity index (χ0n) is 18.6. The minimum atomic E-state index is -0.772. The molecule has 170 valence electrons. The van der Waals surface area contributed by atoms with E-state index in [9.17, 15) is 14.7 Å². The van der Waals surface area contributed by atoms with Gasteiger partial charge in [-0.3, -0.25) is 14.5 Å². The van der Waals surface area contributed by atoms with E-state index in [1.165, 1.54) is 30.5 Å². The summed E-state index contributed by atoms with van der Waals surface area (Å²) in [5.41, 5.74) is 1.82. The number of amides is 1. The van der Waals surface area contributed by atoms with E-state index in [0.717, 1.165) is 10.4 Å². The van der Waals surface area contributed by atoms with Crippen LogP contribution < -0.4 is 19.1 Å². The second kappa shape index (κ2) is 8.99. The zero-order chi connectivity index (χ0) is 23.7. The average molecular weight is 466 g/mol. The number of anilines is 1. The van der Waals surface area contributed by atoms with Crippen LogP contribution in [0.15, 0.2) is 59.5 Å². The molecule has 1 amide bonds. The fraction of sp³-hybridized carbons (Fsp3) is 0.200. The molecule has 0 saturated carbocycles. The van der Waals surface area contributed by atoms with Gasteiger partial charge in [-0.25, -0.2) is 0 Å². The molecule has 0 spiro atoms. The molecule has 7 nitrogen and oxygen atoms in total. The predicted molar refractivity (Wildman–Crippen MR) is 126 cm³/mol. The highest BCUT2D eigenvalue weighted by molar-refractivity contribution is 7.10. The number of methoxy groups -OCH3 is 3. The van der Waals surface area contributed by atoms with Crippen LogP contribution in [0.2, 0.25) is 0 Å². The molecule has 1 saturated heterocycles. The summed E-state index contributed by atoms with van der Waals surface area (Å²) in [4.78, 5) is 28.7. The van der Waals surface area contributed by atoms with E-state index in [-0.39, 0.29) is 11.3 Å². The largest absolute Gasteiger partial charge is 0.507 e. The van der Waals surface area contributed by atoms with Gasteiger partial charge in [0.25, 0.3) is 11.7 Å². The molecule has 1 aromatic heterocycles. The van der Waals surface area contributed by atoms with Crippen molar-refractivity contribution in [3.8, 4) is 17.2 Å². The Hall–Kier alpha value is -3.78. The standard InChI is InChI=1S/C25H23NO6S/c1-14-11-12-33-24(14)21-20(22(27)15-5-10-18(31-3)19(13-15)32-4)23(28)25(29)26(21)16-6-8-17(30-2)9-7-16/h5-13,21,27H,1-4H3/b22-20-. The van der Waals surface area contributed by atoms with E-state index in [1.807, 2.05) is 18.4 Å². The molecule has 2 heterocycles. The van der Waals surface area contributed by atoms with Crippen LogP contribution in [0.4, 0.5) is 5.69 Å². The van der Waals surface area contributed by atoms with E-state index in [2.05, 4.69) is 0 Å². The number of carbonyl (C=O) groups is 2. The zero-order valence-corrected chi connectivity index (χ0v) is 19.4. The van der Waals surface area contributed by atoms with Gasteiger partial charge in [0.05, 0.1) is 26.9 Å². The van der Waals surface area contributed by atoms with Crippen molar-refractivity contribution < 1.29 is 28.9 Å². The highest BCUT2D eigenvalue weighted by Gasteiger charge is 2.48. The smallest absolute Gasteiger partial charge is 0.300 e. The second-order valence-corrected chi connectivity index (χ2v) is 8.35. The van der Waals surface area contributed by atoms with Crippen molar-refractivity contribution in [2.24, 2.45) is 0 Å². The molecular weight excluding hydrogens is 442 g/mol. The lowest BCUT2D eigenvalue weighted by molar-refractivity contribution is -0.132. The van der Waals surface area contributed by atoms with Gasteiger partial charge in [-0.1, -0.05) is 0 Å². The number of thiophene rings is 1. The van der Waals surface area contributed by atoms with Crippen LogP contribution in [0.1, 0.15) is 22.0 Å². The average Bonchev–Trinajstić information content (AvgIpc) is 3.38. The Bertz CT molecular complexity index is 1240. The Morgan fingerprint density at radius 1 is 0.939 bits per heavy atom. The van der Waals surface area contributed by atoms with Crippen molar-refractivity contribution in [3.05, 3.63) is 75.5 Å². The number of carbonyl (C=O) groups excluding carboxylic acids is 2. The number of hydrogen-bond acceptors (Lipinski definition) is 7. The van der Waals surface area contributed by atoms with Crippen LogP contribution >= 0.6 is 11.3 Å². The van der Waals surface area contributed by atoms with Gasteiger partial charge in [0.2, 0.25) is 0 Å². The molecular formula is C25H23NO6S. The Kier molecular flexibility index (Phi) is 6.11. The molecule has 0 aliphatic carbocycles. The van der Waals surface area contributed by atoms with Gasteiger partial charge >= 0.3 is 0 Å². The number of aliphatic hydroxyl groups is 1. The topological polar surface area (TPSA) is 85.3 Å². The summed E-state index contributed by atoms with van der Waals surface area (Å²) >= 11 is 1.43. The van der Waals surface area contributed by atoms with Gasteiger partial charge in [-0.15, -0.1) is 11.3 Å². The first-order valence-electron chi connectivity index (χ1n) is 10.1. The maximum absolute atomic E-state index is 13.2. The maximum Gasteiger partial charge on any atom is 0.300 e. The third kappa shape index (κ3) is 3.82. The van der Waals surface area contributed by atoms with Crippen LogP contribution in [-0.4, -0.2) is 38.1 Å². The minimum Gasteiger partial charge on any atom is -0.507 e. The first-order valence-corrected chi connectivity index (χ1v) is 11.0. The quantitative estimate of drug-likeness (QED) is 0.322. The van der Waals surface area contributed by atoms with E-state index >= 15 is 0 Å². The van der Waals surface area contributed by atoms with Gasteiger partial charge in [-0.2, -0.15) is 0 Å². The van der Waals surface area contributed by atoms with Gasteiger partial charge in [-0.05, 0) is 66.4 Å². The first kappa shape index (κ1) is 22.4. The molecule has 1 aliphatic heterocycles. The summed E-state index contributed by atoms with van der Waals surface area (Å²) in [5.74, 6) is -0.225. The Balaban J connectivity index is 1.91. The lowest BCUT2D eigenvalue weighted by Crippen LogP contribution is -2.29. The third-order valence-corrected chi connectivity index (χ3v) is 6.67. The highest BCUT2D eigenvalue weighted by atomic mass is 32.1. The van der Waals surface area contributed by atoms with E-state index in [0.29, 0.717) is 28.5 Å². The molecule has 33 heavy (non-hydrogen) atoms. The third-order valence-electron chi connectivity index (χ3n) is 5.60. The monoisotopic (exact) mass is 465 g/mol.